The number of nitrogens with zero attached hydrogens (tertiary/aromatic N) is 1. The van der Waals surface area contributed by atoms with Crippen LogP contribution in [0.2, 0.25) is 5.02 Å². The molecular formula is C12H12BrClN2S. The van der Waals surface area contributed by atoms with Gasteiger partial charge in [-0.2, -0.15) is 0 Å². The first-order valence-electron chi connectivity index (χ1n) is 5.36. The molecule has 5 heteroatoms. The van der Waals surface area contributed by atoms with E-state index < -0.39 is 0 Å². The lowest BCUT2D eigenvalue weighted by Crippen LogP contribution is -1.97. The summed E-state index contributed by atoms with van der Waals surface area (Å²) >= 11 is 11.1. The molecule has 1 N–H and O–H groups in total. The average molecular weight is 332 g/mol. The Labute approximate surface area is 118 Å². The van der Waals surface area contributed by atoms with Crippen LogP contribution in [0.1, 0.15) is 13.3 Å². The van der Waals surface area contributed by atoms with Gasteiger partial charge in [-0.05, 0) is 40.0 Å². The number of nitrogens with one attached hydrogen (secondary N) is 1. The summed E-state index contributed by atoms with van der Waals surface area (Å²) in [6, 6.07) is 5.91. The predicted octanol–water partition coefficient (Wildman–Crippen LogP) is 5.05. The highest BCUT2D eigenvalue weighted by Gasteiger charge is 2.06. The van der Waals surface area contributed by atoms with Gasteiger partial charge < -0.3 is 5.32 Å². The van der Waals surface area contributed by atoms with Gasteiger partial charge in [0.15, 0.2) is 5.13 Å². The molecule has 0 fully saturated rings. The third-order valence-corrected chi connectivity index (χ3v) is 4.45. The Morgan fingerprint density at radius 2 is 2.29 bits per heavy atom. The van der Waals surface area contributed by atoms with Crippen LogP contribution in [0, 0.1) is 0 Å². The number of halogens is 2. The van der Waals surface area contributed by atoms with Crippen molar-refractivity contribution in [2.45, 2.75) is 13.3 Å². The third-order valence-electron chi connectivity index (χ3n) is 2.24. The maximum atomic E-state index is 5.97. The van der Waals surface area contributed by atoms with Gasteiger partial charge in [0, 0.05) is 17.2 Å². The van der Waals surface area contributed by atoms with E-state index in [0.29, 0.717) is 0 Å². The molecule has 0 aliphatic carbocycles. The van der Waals surface area contributed by atoms with Crippen molar-refractivity contribution in [2.24, 2.45) is 0 Å². The lowest BCUT2D eigenvalue weighted by Gasteiger charge is -2.00. The molecule has 17 heavy (non-hydrogen) atoms. The molecular weight excluding hydrogens is 320 g/mol. The van der Waals surface area contributed by atoms with Crippen molar-refractivity contribution < 1.29 is 0 Å². The van der Waals surface area contributed by atoms with Crippen LogP contribution in [0.25, 0.3) is 10.4 Å². The van der Waals surface area contributed by atoms with E-state index in [1.165, 1.54) is 0 Å². The summed E-state index contributed by atoms with van der Waals surface area (Å²) in [6.45, 7) is 3.09. The minimum Gasteiger partial charge on any atom is -0.362 e. The number of thiazole rings is 1. The summed E-state index contributed by atoms with van der Waals surface area (Å²) in [7, 11) is 0. The predicted molar refractivity (Wildman–Crippen MR) is 79.0 cm³/mol. The largest absolute Gasteiger partial charge is 0.362 e. The van der Waals surface area contributed by atoms with Gasteiger partial charge in [-0.25, -0.2) is 4.98 Å². The van der Waals surface area contributed by atoms with Crippen LogP contribution >= 0.6 is 38.9 Å². The normalized spacial score (nSPS) is 10.5. The molecule has 0 radical (unpaired) electrons. The molecule has 90 valence electrons. The summed E-state index contributed by atoms with van der Waals surface area (Å²) in [5.41, 5.74) is 1.13. The fourth-order valence-corrected chi connectivity index (χ4v) is 2.71. The lowest BCUT2D eigenvalue weighted by molar-refractivity contribution is 0.976. The molecule has 1 aromatic carbocycles. The van der Waals surface area contributed by atoms with Crippen LogP contribution in [-0.2, 0) is 0 Å². The van der Waals surface area contributed by atoms with E-state index in [1.807, 2.05) is 24.4 Å². The van der Waals surface area contributed by atoms with Crippen LogP contribution in [0.5, 0.6) is 0 Å². The van der Waals surface area contributed by atoms with E-state index in [9.17, 15) is 0 Å². The van der Waals surface area contributed by atoms with E-state index in [0.717, 1.165) is 38.0 Å². The monoisotopic (exact) mass is 330 g/mol. The zero-order chi connectivity index (χ0) is 12.3. The van der Waals surface area contributed by atoms with Crippen LogP contribution in [-0.4, -0.2) is 11.5 Å². The number of anilines is 1. The van der Waals surface area contributed by atoms with Crippen LogP contribution in [0.15, 0.2) is 28.9 Å². The topological polar surface area (TPSA) is 24.9 Å². The summed E-state index contributed by atoms with van der Waals surface area (Å²) in [5, 5.41) is 4.97. The molecule has 1 aromatic heterocycles. The van der Waals surface area contributed by atoms with Gasteiger partial charge in [-0.1, -0.05) is 35.9 Å². The Morgan fingerprint density at radius 3 is 3.00 bits per heavy atom. The Balaban J connectivity index is 2.21. The van der Waals surface area contributed by atoms with E-state index in [4.69, 9.17) is 11.6 Å². The molecule has 0 aliphatic rings. The molecule has 0 atom stereocenters. The zero-order valence-corrected chi connectivity index (χ0v) is 12.5. The summed E-state index contributed by atoms with van der Waals surface area (Å²) < 4.78 is 0.910. The summed E-state index contributed by atoms with van der Waals surface area (Å²) in [4.78, 5) is 5.48. The summed E-state index contributed by atoms with van der Waals surface area (Å²) in [5.74, 6) is 0. The first-order valence-corrected chi connectivity index (χ1v) is 7.34. The smallest absolute Gasteiger partial charge is 0.183 e. The Kier molecular flexibility index (Phi) is 4.42. The fraction of sp³-hybridized carbons (Fsp3) is 0.250. The minimum atomic E-state index is 0.725. The molecule has 0 spiro atoms. The number of rotatable bonds is 4. The molecule has 1 heterocycles. The second-order valence-corrected chi connectivity index (χ2v) is 5.88. The molecule has 0 unspecified atom stereocenters. The van der Waals surface area contributed by atoms with Crippen LogP contribution in [0.3, 0.4) is 0 Å². The zero-order valence-electron chi connectivity index (χ0n) is 9.34. The van der Waals surface area contributed by atoms with Crippen molar-refractivity contribution in [1.29, 1.82) is 0 Å². The first-order chi connectivity index (χ1) is 8.20. The van der Waals surface area contributed by atoms with E-state index in [1.54, 1.807) is 11.3 Å². The van der Waals surface area contributed by atoms with Gasteiger partial charge in [0.1, 0.15) is 0 Å². The highest BCUT2D eigenvalue weighted by atomic mass is 79.9. The maximum Gasteiger partial charge on any atom is 0.183 e. The van der Waals surface area contributed by atoms with Crippen molar-refractivity contribution in [3.05, 3.63) is 33.9 Å². The highest BCUT2D eigenvalue weighted by molar-refractivity contribution is 9.10. The van der Waals surface area contributed by atoms with Crippen LogP contribution < -0.4 is 5.32 Å². The quantitative estimate of drug-likeness (QED) is 0.848. The molecule has 2 nitrogen and oxygen atoms in total. The summed E-state index contributed by atoms with van der Waals surface area (Å²) in [6.07, 6.45) is 2.99. The van der Waals surface area contributed by atoms with E-state index in [-0.39, 0.29) is 0 Å². The molecule has 0 saturated carbocycles. The maximum absolute atomic E-state index is 5.97. The number of benzene rings is 1. The van der Waals surface area contributed by atoms with Crippen molar-refractivity contribution in [2.75, 3.05) is 11.9 Å². The number of hydrogen-bond donors (Lipinski definition) is 1. The van der Waals surface area contributed by atoms with Crippen LogP contribution in [0.4, 0.5) is 5.13 Å². The van der Waals surface area contributed by atoms with E-state index >= 15 is 0 Å². The number of hydrogen-bond acceptors (Lipinski definition) is 3. The SMILES string of the molecule is CCCNc1ncc(-c2ccc(Cl)c(Br)c2)s1. The Morgan fingerprint density at radius 1 is 1.47 bits per heavy atom. The van der Waals surface area contributed by atoms with Crippen molar-refractivity contribution >= 4 is 44.0 Å². The number of aromatic nitrogens is 1. The standard InChI is InChI=1S/C12H12BrClN2S/c1-2-5-15-12-16-7-11(17-12)8-3-4-10(14)9(13)6-8/h3-4,6-7H,2,5H2,1H3,(H,15,16). The van der Waals surface area contributed by atoms with Gasteiger partial charge in [0.05, 0.1) is 9.90 Å². The van der Waals surface area contributed by atoms with Crippen molar-refractivity contribution in [3.63, 3.8) is 0 Å². The second-order valence-electron chi connectivity index (χ2n) is 3.59. The van der Waals surface area contributed by atoms with Crippen molar-refractivity contribution in [1.82, 2.24) is 4.98 Å². The Hall–Kier alpha value is -0.580. The van der Waals surface area contributed by atoms with Gasteiger partial charge in [-0.15, -0.1) is 0 Å². The molecule has 2 rings (SSSR count). The molecule has 0 bridgehead atoms. The Bertz CT molecular complexity index is 513. The lowest BCUT2D eigenvalue weighted by atomic mass is 10.2. The fourth-order valence-electron chi connectivity index (χ4n) is 1.37. The van der Waals surface area contributed by atoms with Gasteiger partial charge in [0.2, 0.25) is 0 Å². The second kappa shape index (κ2) is 5.85. The molecule has 2 aromatic rings. The minimum absolute atomic E-state index is 0.725. The first kappa shape index (κ1) is 12.9. The molecule has 0 amide bonds. The molecule has 0 aliphatic heterocycles. The van der Waals surface area contributed by atoms with E-state index in [2.05, 4.69) is 33.2 Å². The van der Waals surface area contributed by atoms with Gasteiger partial charge >= 0.3 is 0 Å². The highest BCUT2D eigenvalue weighted by Crippen LogP contribution is 2.33. The van der Waals surface area contributed by atoms with Crippen molar-refractivity contribution in [3.8, 4) is 10.4 Å². The van der Waals surface area contributed by atoms with Gasteiger partial charge in [0.25, 0.3) is 0 Å². The molecule has 0 saturated heterocycles. The third kappa shape index (κ3) is 3.21. The van der Waals surface area contributed by atoms with Gasteiger partial charge in [-0.3, -0.25) is 0 Å². The average Bonchev–Trinajstić information content (AvgIpc) is 2.79.